The molecule has 0 unspecified atom stereocenters. The number of nitrogens with zero attached hydrogens (tertiary/aromatic N) is 2. The average molecular weight is 351 g/mol. The summed E-state index contributed by atoms with van der Waals surface area (Å²) in [5.41, 5.74) is 3.69. The van der Waals surface area contributed by atoms with Crippen LogP contribution in [-0.2, 0) is 22.6 Å². The van der Waals surface area contributed by atoms with E-state index in [1.165, 1.54) is 11.1 Å². The normalized spacial score (nSPS) is 25.2. The molecule has 136 valence electrons. The molecule has 3 heterocycles. The van der Waals surface area contributed by atoms with Crippen LogP contribution in [0.4, 0.5) is 0 Å². The Kier molecular flexibility index (Phi) is 5.00. The molecule has 2 fully saturated rings. The van der Waals surface area contributed by atoms with Crippen molar-refractivity contribution in [3.8, 4) is 0 Å². The lowest BCUT2D eigenvalue weighted by Crippen LogP contribution is -2.45. The minimum atomic E-state index is -0.0569. The van der Waals surface area contributed by atoms with Crippen LogP contribution in [0.3, 0.4) is 0 Å². The first-order valence-electron chi connectivity index (χ1n) is 9.28. The number of ether oxygens (including phenoxy) is 1. The van der Waals surface area contributed by atoms with Crippen molar-refractivity contribution >= 4 is 5.91 Å². The third-order valence-electron chi connectivity index (χ3n) is 5.41. The highest BCUT2D eigenvalue weighted by atomic mass is 16.5. The van der Waals surface area contributed by atoms with Crippen LogP contribution in [-0.4, -0.2) is 41.1 Å². The summed E-state index contributed by atoms with van der Waals surface area (Å²) >= 11 is 0. The van der Waals surface area contributed by atoms with E-state index >= 15 is 0 Å². The number of rotatable bonds is 5. The topological polar surface area (TPSA) is 54.5 Å². The maximum absolute atomic E-state index is 12.7. The van der Waals surface area contributed by atoms with Gasteiger partial charge in [0.05, 0.1) is 18.1 Å². The lowest BCUT2D eigenvalue weighted by atomic mass is 9.99. The average Bonchev–Trinajstić information content (AvgIpc) is 2.97. The summed E-state index contributed by atoms with van der Waals surface area (Å²) in [6.07, 6.45) is 4.49. The van der Waals surface area contributed by atoms with E-state index in [9.17, 15) is 4.79 Å². The van der Waals surface area contributed by atoms with Gasteiger partial charge in [0, 0.05) is 38.6 Å². The minimum absolute atomic E-state index is 0.00772. The van der Waals surface area contributed by atoms with Crippen molar-refractivity contribution in [3.05, 3.63) is 65.5 Å². The van der Waals surface area contributed by atoms with E-state index in [4.69, 9.17) is 4.74 Å². The van der Waals surface area contributed by atoms with Crippen LogP contribution >= 0.6 is 0 Å². The van der Waals surface area contributed by atoms with Gasteiger partial charge in [0.15, 0.2) is 0 Å². The van der Waals surface area contributed by atoms with Gasteiger partial charge in [-0.05, 0) is 36.1 Å². The number of benzene rings is 1. The highest BCUT2D eigenvalue weighted by Crippen LogP contribution is 2.33. The van der Waals surface area contributed by atoms with Crippen LogP contribution in [0.1, 0.15) is 23.1 Å². The van der Waals surface area contributed by atoms with Crippen molar-refractivity contribution in [3.63, 3.8) is 0 Å². The fourth-order valence-electron chi connectivity index (χ4n) is 3.99. The molecule has 2 saturated heterocycles. The molecule has 1 aromatic heterocycles. The maximum Gasteiger partial charge on any atom is 0.226 e. The van der Waals surface area contributed by atoms with Crippen LogP contribution in [0.5, 0.6) is 0 Å². The molecule has 2 aliphatic rings. The Balaban J connectivity index is 1.35. The Bertz CT molecular complexity index is 765. The molecule has 0 saturated carbocycles. The van der Waals surface area contributed by atoms with E-state index in [0.29, 0.717) is 6.54 Å². The van der Waals surface area contributed by atoms with Crippen molar-refractivity contribution in [2.75, 3.05) is 13.1 Å². The number of hydrogen-bond donors (Lipinski definition) is 1. The smallest absolute Gasteiger partial charge is 0.226 e. The molecule has 0 spiro atoms. The molecule has 2 aliphatic heterocycles. The number of morpholine rings is 1. The second-order valence-electron chi connectivity index (χ2n) is 7.34. The first-order valence-corrected chi connectivity index (χ1v) is 9.28. The van der Waals surface area contributed by atoms with Crippen molar-refractivity contribution in [2.45, 2.75) is 38.6 Å². The van der Waals surface area contributed by atoms with Gasteiger partial charge in [-0.2, -0.15) is 0 Å². The third kappa shape index (κ3) is 3.79. The molecular weight excluding hydrogens is 326 g/mol. The Morgan fingerprint density at radius 1 is 1.27 bits per heavy atom. The molecule has 1 amide bonds. The van der Waals surface area contributed by atoms with E-state index in [0.717, 1.165) is 31.6 Å². The Hall–Kier alpha value is -2.24. The summed E-state index contributed by atoms with van der Waals surface area (Å²) < 4.78 is 6.07. The molecule has 1 aromatic carbocycles. The van der Waals surface area contributed by atoms with Crippen molar-refractivity contribution in [1.29, 1.82) is 0 Å². The van der Waals surface area contributed by atoms with Crippen LogP contribution in [0.15, 0.2) is 48.8 Å². The predicted octanol–water partition coefficient (Wildman–Crippen LogP) is 2.30. The molecule has 3 atom stereocenters. The number of carbonyl (C=O) groups excluding carboxylic acids is 1. The number of amides is 1. The summed E-state index contributed by atoms with van der Waals surface area (Å²) in [6.45, 7) is 5.31. The van der Waals surface area contributed by atoms with Gasteiger partial charge in [-0.25, -0.2) is 0 Å². The number of carbonyl (C=O) groups is 1. The molecule has 26 heavy (non-hydrogen) atoms. The third-order valence-corrected chi connectivity index (χ3v) is 5.41. The SMILES string of the molecule is Cc1ccccc1CN1C[C@H]2C[C@H](C(=O)NCc3cccnc3)[C@@H](C1)O2. The number of aromatic nitrogens is 1. The van der Waals surface area contributed by atoms with Gasteiger partial charge in [-0.1, -0.05) is 30.3 Å². The largest absolute Gasteiger partial charge is 0.371 e. The summed E-state index contributed by atoms with van der Waals surface area (Å²) in [5, 5.41) is 3.05. The number of nitrogens with one attached hydrogen (secondary N) is 1. The van der Waals surface area contributed by atoms with Gasteiger partial charge in [0.25, 0.3) is 0 Å². The van der Waals surface area contributed by atoms with Gasteiger partial charge in [0.2, 0.25) is 5.91 Å². The second kappa shape index (κ2) is 7.56. The molecule has 2 aromatic rings. The van der Waals surface area contributed by atoms with Gasteiger partial charge >= 0.3 is 0 Å². The standard InChI is InChI=1S/C21H25N3O2/c1-15-5-2-3-7-17(15)12-24-13-18-9-19(20(14-24)26-18)21(25)23-11-16-6-4-8-22-10-16/h2-8,10,18-20H,9,11-14H2,1H3,(H,23,25)/t18-,19+,20-/m1/s1. The Morgan fingerprint density at radius 3 is 2.96 bits per heavy atom. The zero-order chi connectivity index (χ0) is 17.9. The Morgan fingerprint density at radius 2 is 2.15 bits per heavy atom. The van der Waals surface area contributed by atoms with Crippen molar-refractivity contribution < 1.29 is 9.53 Å². The molecule has 4 rings (SSSR count). The molecule has 5 heteroatoms. The van der Waals surface area contributed by atoms with E-state index in [1.54, 1.807) is 12.4 Å². The molecule has 1 N–H and O–H groups in total. The van der Waals surface area contributed by atoms with Crippen LogP contribution in [0.2, 0.25) is 0 Å². The van der Waals surface area contributed by atoms with Crippen molar-refractivity contribution in [1.82, 2.24) is 15.2 Å². The fourth-order valence-corrected chi connectivity index (χ4v) is 3.99. The number of aryl methyl sites for hydroxylation is 1. The van der Waals surface area contributed by atoms with Crippen LogP contribution < -0.4 is 5.32 Å². The predicted molar refractivity (Wildman–Crippen MR) is 99.3 cm³/mol. The molecular formula is C21H25N3O2. The lowest BCUT2D eigenvalue weighted by molar-refractivity contribution is -0.128. The maximum atomic E-state index is 12.7. The van der Waals surface area contributed by atoms with Crippen LogP contribution in [0.25, 0.3) is 0 Å². The highest BCUT2D eigenvalue weighted by Gasteiger charge is 2.44. The summed E-state index contributed by atoms with van der Waals surface area (Å²) in [6, 6.07) is 12.4. The quantitative estimate of drug-likeness (QED) is 0.898. The summed E-state index contributed by atoms with van der Waals surface area (Å²) in [4.78, 5) is 19.2. The van der Waals surface area contributed by atoms with E-state index in [2.05, 4.69) is 46.4 Å². The minimum Gasteiger partial charge on any atom is -0.371 e. The molecule has 2 bridgehead atoms. The monoisotopic (exact) mass is 351 g/mol. The second-order valence-corrected chi connectivity index (χ2v) is 7.34. The van der Waals surface area contributed by atoms with Crippen molar-refractivity contribution in [2.24, 2.45) is 5.92 Å². The molecule has 0 aliphatic carbocycles. The van der Waals surface area contributed by atoms with E-state index in [-0.39, 0.29) is 24.0 Å². The summed E-state index contributed by atoms with van der Waals surface area (Å²) in [5.74, 6) is 0.0395. The Labute approximate surface area is 154 Å². The number of fused-ring (bicyclic) bond motifs is 2. The van der Waals surface area contributed by atoms with Gasteiger partial charge < -0.3 is 10.1 Å². The van der Waals surface area contributed by atoms with E-state index < -0.39 is 0 Å². The molecule has 0 radical (unpaired) electrons. The van der Waals surface area contributed by atoms with Gasteiger partial charge in [0.1, 0.15) is 0 Å². The first kappa shape index (κ1) is 17.2. The van der Waals surface area contributed by atoms with Gasteiger partial charge in [-0.3, -0.25) is 14.7 Å². The van der Waals surface area contributed by atoms with E-state index in [1.807, 2.05) is 12.1 Å². The highest BCUT2D eigenvalue weighted by molar-refractivity contribution is 5.79. The fraction of sp³-hybridized carbons (Fsp3) is 0.429. The number of pyridine rings is 1. The summed E-state index contributed by atoms with van der Waals surface area (Å²) in [7, 11) is 0. The van der Waals surface area contributed by atoms with Crippen LogP contribution in [0, 0.1) is 12.8 Å². The zero-order valence-corrected chi connectivity index (χ0v) is 15.1. The number of hydrogen-bond acceptors (Lipinski definition) is 4. The zero-order valence-electron chi connectivity index (χ0n) is 15.1. The number of likely N-dealkylation sites (tertiary alicyclic amines) is 1. The lowest BCUT2D eigenvalue weighted by Gasteiger charge is -2.33. The van der Waals surface area contributed by atoms with Gasteiger partial charge in [-0.15, -0.1) is 0 Å². The first-order chi connectivity index (χ1) is 12.7. The molecule has 5 nitrogen and oxygen atoms in total.